The largest absolute Gasteiger partial charge is 0.462 e. The van der Waals surface area contributed by atoms with Crippen LogP contribution in [0.4, 0.5) is 13.2 Å². The Bertz CT molecular complexity index is 859. The Morgan fingerprint density at radius 3 is 2.48 bits per heavy atom. The van der Waals surface area contributed by atoms with Crippen molar-refractivity contribution in [1.82, 2.24) is 10.3 Å². The van der Waals surface area contributed by atoms with Crippen LogP contribution in [0.1, 0.15) is 28.6 Å². The molecule has 0 fully saturated rings. The van der Waals surface area contributed by atoms with Crippen molar-refractivity contribution >= 4 is 11.4 Å². The van der Waals surface area contributed by atoms with Gasteiger partial charge in [0, 0.05) is 18.3 Å². The first-order chi connectivity index (χ1) is 11.8. The molecule has 0 saturated heterocycles. The zero-order chi connectivity index (χ0) is 18.2. The van der Waals surface area contributed by atoms with E-state index in [2.05, 4.69) is 10.3 Å². The first-order valence-electron chi connectivity index (χ1n) is 7.56. The van der Waals surface area contributed by atoms with Gasteiger partial charge in [0.05, 0.1) is 11.3 Å². The zero-order valence-corrected chi connectivity index (χ0v) is 13.5. The molecule has 1 aromatic carbocycles. The van der Waals surface area contributed by atoms with Crippen molar-refractivity contribution in [3.05, 3.63) is 70.9 Å². The number of aromatic nitrogens is 1. The molecule has 0 bridgehead atoms. The Balaban J connectivity index is 2.06. The van der Waals surface area contributed by atoms with Crippen molar-refractivity contribution < 1.29 is 22.7 Å². The second-order valence-electron chi connectivity index (χ2n) is 5.57. The number of ether oxygens (including phenoxy) is 1. The molecule has 2 heterocycles. The molecule has 7 heteroatoms. The molecule has 0 aliphatic carbocycles. The third kappa shape index (κ3) is 3.09. The molecule has 4 nitrogen and oxygen atoms in total. The maximum absolute atomic E-state index is 13.3. The summed E-state index contributed by atoms with van der Waals surface area (Å²) in [5.41, 5.74) is 0.0968. The third-order valence-electron chi connectivity index (χ3n) is 3.87. The molecule has 0 saturated carbocycles. The Morgan fingerprint density at radius 2 is 1.84 bits per heavy atom. The molecule has 1 aliphatic heterocycles. The smallest absolute Gasteiger partial charge is 0.416 e. The van der Waals surface area contributed by atoms with Gasteiger partial charge >= 0.3 is 6.18 Å². The number of hydrogen-bond acceptors (Lipinski definition) is 4. The molecule has 1 aliphatic rings. The Hall–Kier alpha value is -2.83. The monoisotopic (exact) mass is 348 g/mol. The highest BCUT2D eigenvalue weighted by atomic mass is 19.4. The third-order valence-corrected chi connectivity index (χ3v) is 3.87. The van der Waals surface area contributed by atoms with Gasteiger partial charge < -0.3 is 10.1 Å². The lowest BCUT2D eigenvalue weighted by atomic mass is 9.96. The van der Waals surface area contributed by atoms with Crippen molar-refractivity contribution in [2.75, 3.05) is 7.05 Å². The van der Waals surface area contributed by atoms with E-state index in [9.17, 15) is 18.0 Å². The SMILES string of the molecule is CNC1=C(c2cccc(C)n2)C(=O)C(c2ccccc2C(F)(F)F)O1. The van der Waals surface area contributed by atoms with Crippen LogP contribution in [0.25, 0.3) is 5.57 Å². The second kappa shape index (κ2) is 6.23. The standard InChI is InChI=1S/C18H15F3N2O2/c1-10-6-5-9-13(23-10)14-15(24)16(25-17(14)22-2)11-7-3-4-8-12(11)18(19,20)21/h3-9,16,22H,1-2H3. The average molecular weight is 348 g/mol. The fraction of sp³-hybridized carbons (Fsp3) is 0.222. The molecule has 2 aromatic rings. The predicted octanol–water partition coefficient (Wildman–Crippen LogP) is 3.64. The van der Waals surface area contributed by atoms with Gasteiger partial charge in [0.25, 0.3) is 0 Å². The van der Waals surface area contributed by atoms with E-state index in [4.69, 9.17) is 4.74 Å². The minimum Gasteiger partial charge on any atom is -0.462 e. The molecule has 0 amide bonds. The molecule has 0 radical (unpaired) electrons. The highest BCUT2D eigenvalue weighted by Gasteiger charge is 2.43. The number of carbonyl (C=O) groups excluding carboxylic acids is 1. The number of hydrogen-bond donors (Lipinski definition) is 1. The average Bonchev–Trinajstić information content (AvgIpc) is 2.90. The van der Waals surface area contributed by atoms with Crippen molar-refractivity contribution in [3.63, 3.8) is 0 Å². The summed E-state index contributed by atoms with van der Waals surface area (Å²) in [5.74, 6) is -0.441. The maximum Gasteiger partial charge on any atom is 0.416 e. The van der Waals surface area contributed by atoms with Gasteiger partial charge in [0.15, 0.2) is 6.10 Å². The van der Waals surface area contributed by atoms with Gasteiger partial charge in [-0.2, -0.15) is 13.2 Å². The lowest BCUT2D eigenvalue weighted by molar-refractivity contribution is -0.139. The van der Waals surface area contributed by atoms with E-state index in [0.29, 0.717) is 11.4 Å². The Kier molecular flexibility index (Phi) is 4.24. The van der Waals surface area contributed by atoms with E-state index < -0.39 is 23.6 Å². The maximum atomic E-state index is 13.3. The first kappa shape index (κ1) is 17.0. The molecular weight excluding hydrogens is 333 g/mol. The number of ketones is 1. The second-order valence-corrected chi connectivity index (χ2v) is 5.57. The van der Waals surface area contributed by atoms with Crippen LogP contribution in [0.3, 0.4) is 0 Å². The quantitative estimate of drug-likeness (QED) is 0.920. The van der Waals surface area contributed by atoms with E-state index in [1.54, 1.807) is 25.1 Å². The van der Waals surface area contributed by atoms with Crippen LogP contribution in [-0.2, 0) is 15.7 Å². The van der Waals surface area contributed by atoms with E-state index >= 15 is 0 Å². The van der Waals surface area contributed by atoms with E-state index in [-0.39, 0.29) is 17.0 Å². The number of aryl methyl sites for hydroxylation is 1. The van der Waals surface area contributed by atoms with Gasteiger partial charge in [-0.3, -0.25) is 9.78 Å². The summed E-state index contributed by atoms with van der Waals surface area (Å²) in [5, 5.41) is 2.74. The Labute approximate surface area is 142 Å². The lowest BCUT2D eigenvalue weighted by Crippen LogP contribution is -2.17. The van der Waals surface area contributed by atoms with Crippen LogP contribution >= 0.6 is 0 Å². The highest BCUT2D eigenvalue weighted by Crippen LogP contribution is 2.41. The van der Waals surface area contributed by atoms with Gasteiger partial charge in [0.1, 0.15) is 5.57 Å². The number of carbonyl (C=O) groups is 1. The minimum atomic E-state index is -4.58. The molecule has 1 N–H and O–H groups in total. The number of nitrogens with one attached hydrogen (secondary N) is 1. The van der Waals surface area contributed by atoms with Crippen molar-refractivity contribution in [2.24, 2.45) is 0 Å². The fourth-order valence-electron chi connectivity index (χ4n) is 2.77. The van der Waals surface area contributed by atoms with Crippen LogP contribution < -0.4 is 5.32 Å². The molecule has 1 unspecified atom stereocenters. The van der Waals surface area contributed by atoms with Crippen LogP contribution in [0.2, 0.25) is 0 Å². The van der Waals surface area contributed by atoms with Crippen LogP contribution in [-0.4, -0.2) is 17.8 Å². The van der Waals surface area contributed by atoms with Gasteiger partial charge in [-0.25, -0.2) is 0 Å². The van der Waals surface area contributed by atoms with Crippen molar-refractivity contribution in [1.29, 1.82) is 0 Å². The van der Waals surface area contributed by atoms with Crippen LogP contribution in [0.15, 0.2) is 48.3 Å². The van der Waals surface area contributed by atoms with E-state index in [0.717, 1.165) is 6.07 Å². The molecular formula is C18H15F3N2O2. The number of pyridine rings is 1. The number of benzene rings is 1. The molecule has 1 aromatic heterocycles. The van der Waals surface area contributed by atoms with Gasteiger partial charge in [-0.15, -0.1) is 0 Å². The summed E-state index contributed by atoms with van der Waals surface area (Å²) in [6, 6.07) is 10.0. The summed E-state index contributed by atoms with van der Waals surface area (Å²) < 4.78 is 45.3. The molecule has 130 valence electrons. The summed E-state index contributed by atoms with van der Waals surface area (Å²) in [6.45, 7) is 1.76. The van der Waals surface area contributed by atoms with Gasteiger partial charge in [0.2, 0.25) is 11.7 Å². The first-order valence-corrected chi connectivity index (χ1v) is 7.56. The lowest BCUT2D eigenvalue weighted by Gasteiger charge is -2.17. The number of alkyl halides is 3. The highest BCUT2D eigenvalue weighted by molar-refractivity contribution is 6.24. The summed E-state index contributed by atoms with van der Waals surface area (Å²) in [6.07, 6.45) is -5.94. The number of nitrogens with zero attached hydrogens (tertiary/aromatic N) is 1. The molecule has 3 rings (SSSR count). The van der Waals surface area contributed by atoms with E-state index in [1.807, 2.05) is 0 Å². The number of halogens is 3. The Morgan fingerprint density at radius 1 is 1.12 bits per heavy atom. The number of Topliss-reactive ketones (excluding diaryl/α,β-unsaturated/α-hetero) is 1. The normalized spacial score (nSPS) is 17.6. The fourth-order valence-corrected chi connectivity index (χ4v) is 2.77. The summed E-state index contributed by atoms with van der Waals surface area (Å²) in [4.78, 5) is 17.1. The van der Waals surface area contributed by atoms with Gasteiger partial charge in [-0.05, 0) is 25.1 Å². The van der Waals surface area contributed by atoms with Crippen molar-refractivity contribution in [3.8, 4) is 0 Å². The van der Waals surface area contributed by atoms with E-state index in [1.165, 1.54) is 25.2 Å². The molecule has 1 atom stereocenters. The number of rotatable bonds is 3. The predicted molar refractivity (Wildman–Crippen MR) is 85.2 cm³/mol. The summed E-state index contributed by atoms with van der Waals surface area (Å²) >= 11 is 0. The van der Waals surface area contributed by atoms with Crippen LogP contribution in [0, 0.1) is 6.92 Å². The zero-order valence-electron chi connectivity index (χ0n) is 13.5. The topological polar surface area (TPSA) is 51.2 Å². The van der Waals surface area contributed by atoms with Crippen LogP contribution in [0.5, 0.6) is 0 Å². The van der Waals surface area contributed by atoms with Crippen molar-refractivity contribution in [2.45, 2.75) is 19.2 Å². The minimum absolute atomic E-state index is 0.116. The molecule has 0 spiro atoms. The van der Waals surface area contributed by atoms with Gasteiger partial charge in [-0.1, -0.05) is 24.3 Å². The molecule has 25 heavy (non-hydrogen) atoms. The summed E-state index contributed by atoms with van der Waals surface area (Å²) in [7, 11) is 1.54.